The van der Waals surface area contributed by atoms with Gasteiger partial charge in [0.2, 0.25) is 6.79 Å². The van der Waals surface area contributed by atoms with Gasteiger partial charge in [0.1, 0.15) is 22.8 Å². The standard InChI is InChI=1S/C18H12O7/c1-22-9-3-11(19)15-14(4-9)25-17(21)18(16(15)20)6-8-2-12-13(5-10(8)18)24-7-23-12/h2-5,19H,6-7H2,1H3. The van der Waals surface area contributed by atoms with Crippen molar-refractivity contribution in [3.63, 3.8) is 0 Å². The Balaban J connectivity index is 1.68. The van der Waals surface area contributed by atoms with Gasteiger partial charge in [-0.2, -0.15) is 0 Å². The second-order valence-corrected chi connectivity index (χ2v) is 6.18. The lowest BCUT2D eigenvalue weighted by Crippen LogP contribution is -2.56. The molecule has 2 aromatic rings. The van der Waals surface area contributed by atoms with Crippen molar-refractivity contribution in [1.29, 1.82) is 0 Å². The third-order valence-corrected chi connectivity index (χ3v) is 4.97. The molecule has 2 aromatic carbocycles. The first kappa shape index (κ1) is 14.2. The van der Waals surface area contributed by atoms with Gasteiger partial charge in [-0.15, -0.1) is 0 Å². The number of benzene rings is 2. The van der Waals surface area contributed by atoms with Gasteiger partial charge in [-0.3, -0.25) is 9.59 Å². The van der Waals surface area contributed by atoms with Crippen LogP contribution >= 0.6 is 0 Å². The van der Waals surface area contributed by atoms with Crippen LogP contribution in [0.3, 0.4) is 0 Å². The molecule has 0 saturated heterocycles. The molecular formula is C18H12O7. The first-order chi connectivity index (χ1) is 12.0. The Morgan fingerprint density at radius 1 is 1.08 bits per heavy atom. The van der Waals surface area contributed by atoms with Gasteiger partial charge in [-0.05, 0) is 23.3 Å². The molecule has 2 aliphatic heterocycles. The number of ether oxygens (including phenoxy) is 4. The molecule has 0 radical (unpaired) electrons. The fraction of sp³-hybridized carbons (Fsp3) is 0.222. The molecule has 1 N–H and O–H groups in total. The van der Waals surface area contributed by atoms with E-state index in [1.54, 1.807) is 12.1 Å². The lowest BCUT2D eigenvalue weighted by atomic mass is 9.59. The first-order valence-electron chi connectivity index (χ1n) is 7.65. The van der Waals surface area contributed by atoms with Crippen LogP contribution in [0.25, 0.3) is 0 Å². The van der Waals surface area contributed by atoms with Crippen LogP contribution in [0.5, 0.6) is 28.7 Å². The second kappa shape index (κ2) is 4.44. The van der Waals surface area contributed by atoms with E-state index in [2.05, 4.69) is 0 Å². The monoisotopic (exact) mass is 340 g/mol. The molecule has 7 nitrogen and oxygen atoms in total. The maximum absolute atomic E-state index is 13.1. The van der Waals surface area contributed by atoms with E-state index in [1.807, 2.05) is 0 Å². The van der Waals surface area contributed by atoms with Crippen molar-refractivity contribution in [2.24, 2.45) is 0 Å². The van der Waals surface area contributed by atoms with E-state index < -0.39 is 17.2 Å². The van der Waals surface area contributed by atoms with Gasteiger partial charge in [0.15, 0.2) is 22.7 Å². The highest BCUT2D eigenvalue weighted by atomic mass is 16.7. The Kier molecular flexibility index (Phi) is 2.51. The van der Waals surface area contributed by atoms with Crippen LogP contribution in [0.1, 0.15) is 21.5 Å². The number of aromatic hydroxyl groups is 1. The minimum atomic E-state index is -1.45. The average molecular weight is 340 g/mol. The summed E-state index contributed by atoms with van der Waals surface area (Å²) in [6.07, 6.45) is 0.196. The van der Waals surface area contributed by atoms with Crippen LogP contribution in [-0.2, 0) is 16.6 Å². The zero-order valence-corrected chi connectivity index (χ0v) is 13.1. The summed E-state index contributed by atoms with van der Waals surface area (Å²) in [6, 6.07) is 6.15. The highest BCUT2D eigenvalue weighted by Crippen LogP contribution is 2.53. The Bertz CT molecular complexity index is 978. The van der Waals surface area contributed by atoms with Crippen LogP contribution in [0.2, 0.25) is 0 Å². The van der Waals surface area contributed by atoms with Crippen molar-refractivity contribution in [2.45, 2.75) is 11.8 Å². The molecule has 1 atom stereocenters. The van der Waals surface area contributed by atoms with Crippen LogP contribution in [0.15, 0.2) is 24.3 Å². The average Bonchev–Trinajstić information content (AvgIpc) is 3.02. The summed E-state index contributed by atoms with van der Waals surface area (Å²) in [5, 5.41) is 10.2. The highest BCUT2D eigenvalue weighted by Gasteiger charge is 2.60. The molecule has 1 unspecified atom stereocenters. The third-order valence-electron chi connectivity index (χ3n) is 4.97. The topological polar surface area (TPSA) is 91.3 Å². The smallest absolute Gasteiger partial charge is 0.330 e. The Labute approximate surface area is 141 Å². The van der Waals surface area contributed by atoms with Crippen molar-refractivity contribution in [3.05, 3.63) is 41.0 Å². The SMILES string of the molecule is COc1cc(O)c2c(c1)OC(=O)C1(Cc3cc4c(cc31)OCO4)C2=O. The normalized spacial score (nSPS) is 22.1. The van der Waals surface area contributed by atoms with E-state index >= 15 is 0 Å². The van der Waals surface area contributed by atoms with E-state index in [0.717, 1.165) is 5.56 Å². The van der Waals surface area contributed by atoms with Crippen molar-refractivity contribution in [2.75, 3.05) is 13.9 Å². The van der Waals surface area contributed by atoms with Gasteiger partial charge in [0, 0.05) is 18.6 Å². The molecule has 2 heterocycles. The summed E-state index contributed by atoms with van der Waals surface area (Å²) < 4.78 is 21.1. The Morgan fingerprint density at radius 2 is 1.84 bits per heavy atom. The largest absolute Gasteiger partial charge is 0.507 e. The van der Waals surface area contributed by atoms with E-state index in [4.69, 9.17) is 18.9 Å². The molecule has 25 heavy (non-hydrogen) atoms. The van der Waals surface area contributed by atoms with Gasteiger partial charge < -0.3 is 24.1 Å². The molecule has 0 amide bonds. The predicted octanol–water partition coefficient (Wildman–Crippen LogP) is 1.73. The van der Waals surface area contributed by atoms with Crippen molar-refractivity contribution in [1.82, 2.24) is 0 Å². The van der Waals surface area contributed by atoms with Crippen LogP contribution in [0, 0.1) is 0 Å². The minimum absolute atomic E-state index is 0.00617. The molecule has 0 fully saturated rings. The number of carbonyl (C=O) groups excluding carboxylic acids is 2. The van der Waals surface area contributed by atoms with Gasteiger partial charge in [0.25, 0.3) is 0 Å². The number of fused-ring (bicyclic) bond motifs is 4. The summed E-state index contributed by atoms with van der Waals surface area (Å²) in [6.45, 7) is 0.104. The van der Waals surface area contributed by atoms with E-state index in [-0.39, 0.29) is 30.3 Å². The number of carbonyl (C=O) groups is 2. The first-order valence-corrected chi connectivity index (χ1v) is 7.65. The molecule has 7 heteroatoms. The number of ketones is 1. The molecule has 3 aliphatic rings. The molecule has 0 aromatic heterocycles. The van der Waals surface area contributed by atoms with Crippen LogP contribution < -0.4 is 18.9 Å². The lowest BCUT2D eigenvalue weighted by molar-refractivity contribution is -0.140. The summed E-state index contributed by atoms with van der Waals surface area (Å²) in [7, 11) is 1.42. The zero-order valence-electron chi connectivity index (χ0n) is 13.1. The van der Waals surface area contributed by atoms with E-state index in [9.17, 15) is 14.7 Å². The molecule has 1 aliphatic carbocycles. The second-order valence-electron chi connectivity index (χ2n) is 6.18. The molecule has 1 spiro atoms. The zero-order chi connectivity index (χ0) is 17.3. The number of phenols is 1. The minimum Gasteiger partial charge on any atom is -0.507 e. The van der Waals surface area contributed by atoms with Gasteiger partial charge in [-0.1, -0.05) is 0 Å². The molecule has 5 rings (SSSR count). The van der Waals surface area contributed by atoms with Gasteiger partial charge in [-0.25, -0.2) is 0 Å². The van der Waals surface area contributed by atoms with E-state index in [0.29, 0.717) is 22.8 Å². The number of phenolic OH excluding ortho intramolecular Hbond substituents is 1. The number of esters is 1. The molecule has 0 saturated carbocycles. The maximum atomic E-state index is 13.1. The Morgan fingerprint density at radius 3 is 2.60 bits per heavy atom. The van der Waals surface area contributed by atoms with E-state index in [1.165, 1.54) is 19.2 Å². The van der Waals surface area contributed by atoms with Crippen LogP contribution in [0.4, 0.5) is 0 Å². The number of rotatable bonds is 1. The summed E-state index contributed by atoms with van der Waals surface area (Å²) in [4.78, 5) is 25.8. The summed E-state index contributed by atoms with van der Waals surface area (Å²) in [5.74, 6) is -0.0343. The predicted molar refractivity (Wildman–Crippen MR) is 82.6 cm³/mol. The fourth-order valence-electron chi connectivity index (χ4n) is 3.68. The van der Waals surface area contributed by atoms with Crippen molar-refractivity contribution >= 4 is 11.8 Å². The molecule has 0 bridgehead atoms. The lowest BCUT2D eigenvalue weighted by Gasteiger charge is -2.42. The van der Waals surface area contributed by atoms with Gasteiger partial charge in [0.05, 0.1) is 7.11 Å². The maximum Gasteiger partial charge on any atom is 0.330 e. The Hall–Kier alpha value is -3.22. The number of hydrogen-bond donors (Lipinski definition) is 1. The quantitative estimate of drug-likeness (QED) is 0.480. The third kappa shape index (κ3) is 1.60. The number of methoxy groups -OCH3 is 1. The van der Waals surface area contributed by atoms with Crippen LogP contribution in [-0.4, -0.2) is 30.8 Å². The fourth-order valence-corrected chi connectivity index (χ4v) is 3.68. The molecular weight excluding hydrogens is 328 g/mol. The molecule has 126 valence electrons. The highest BCUT2D eigenvalue weighted by molar-refractivity contribution is 6.24. The van der Waals surface area contributed by atoms with Crippen molar-refractivity contribution in [3.8, 4) is 28.7 Å². The van der Waals surface area contributed by atoms with Gasteiger partial charge >= 0.3 is 5.97 Å². The number of hydrogen-bond acceptors (Lipinski definition) is 7. The summed E-state index contributed by atoms with van der Waals surface area (Å²) >= 11 is 0. The van der Waals surface area contributed by atoms with Crippen molar-refractivity contribution < 1.29 is 33.6 Å². The number of Topliss-reactive ketones (excluding diaryl/α,β-unsaturated/α-hetero) is 1. The summed E-state index contributed by atoms with van der Waals surface area (Å²) in [5.41, 5.74) is -0.0996.